The summed E-state index contributed by atoms with van der Waals surface area (Å²) in [4.78, 5) is 28.3. The molecular formula is C20H19FN4O4S. The number of nitrogens with zero attached hydrogens (tertiary/aromatic N) is 2. The smallest absolute Gasteiger partial charge is 0.322 e. The molecule has 3 heterocycles. The van der Waals surface area contributed by atoms with Gasteiger partial charge in [-0.25, -0.2) is 22.6 Å². The van der Waals surface area contributed by atoms with E-state index in [9.17, 15) is 22.4 Å². The van der Waals surface area contributed by atoms with Crippen molar-refractivity contribution in [3.8, 4) is 11.1 Å². The van der Waals surface area contributed by atoms with Crippen molar-refractivity contribution in [2.75, 3.05) is 13.1 Å². The van der Waals surface area contributed by atoms with Crippen molar-refractivity contribution >= 4 is 22.0 Å². The average molecular weight is 430 g/mol. The van der Waals surface area contributed by atoms with E-state index >= 15 is 0 Å². The van der Waals surface area contributed by atoms with E-state index < -0.39 is 27.0 Å². The Balaban J connectivity index is 1.36. The van der Waals surface area contributed by atoms with E-state index in [1.54, 1.807) is 18.2 Å². The third-order valence-electron chi connectivity index (χ3n) is 6.53. The second kappa shape index (κ2) is 6.32. The second-order valence-corrected chi connectivity index (χ2v) is 10.00. The molecule has 0 bridgehead atoms. The molecule has 2 spiro atoms. The molecule has 10 heteroatoms. The summed E-state index contributed by atoms with van der Waals surface area (Å²) in [6, 6.07) is 8.38. The number of urea groups is 1. The Labute approximate surface area is 172 Å². The third-order valence-corrected chi connectivity index (χ3v) is 8.24. The van der Waals surface area contributed by atoms with Gasteiger partial charge in [-0.2, -0.15) is 4.31 Å². The molecule has 2 aromatic rings. The Kier molecular flexibility index (Phi) is 4.03. The number of hydrogen-bond donors (Lipinski definition) is 2. The van der Waals surface area contributed by atoms with Crippen LogP contribution >= 0.6 is 0 Å². The fourth-order valence-electron chi connectivity index (χ4n) is 4.92. The predicted molar refractivity (Wildman–Crippen MR) is 104 cm³/mol. The topological polar surface area (TPSA) is 108 Å². The van der Waals surface area contributed by atoms with Gasteiger partial charge in [0.2, 0.25) is 0 Å². The van der Waals surface area contributed by atoms with Crippen LogP contribution in [0.3, 0.4) is 0 Å². The Morgan fingerprint density at radius 2 is 1.70 bits per heavy atom. The summed E-state index contributed by atoms with van der Waals surface area (Å²) in [5.74, 6) is -0.724. The predicted octanol–water partition coefficient (Wildman–Crippen LogP) is 1.64. The number of nitrogens with one attached hydrogen (secondary N) is 2. The molecule has 3 aliphatic rings. The van der Waals surface area contributed by atoms with Crippen molar-refractivity contribution in [2.24, 2.45) is 5.41 Å². The van der Waals surface area contributed by atoms with Crippen molar-refractivity contribution in [2.45, 2.75) is 29.8 Å². The lowest BCUT2D eigenvalue weighted by Gasteiger charge is -2.53. The molecule has 156 valence electrons. The Bertz CT molecular complexity index is 1140. The molecule has 2 saturated heterocycles. The number of aromatic nitrogens is 1. The zero-order valence-electron chi connectivity index (χ0n) is 15.9. The van der Waals surface area contributed by atoms with Crippen molar-refractivity contribution in [3.63, 3.8) is 0 Å². The van der Waals surface area contributed by atoms with Crippen LogP contribution in [-0.2, 0) is 14.8 Å². The molecular weight excluding hydrogens is 411 g/mol. The van der Waals surface area contributed by atoms with E-state index in [0.29, 0.717) is 18.4 Å². The first-order chi connectivity index (χ1) is 14.3. The van der Waals surface area contributed by atoms with Crippen molar-refractivity contribution in [1.82, 2.24) is 19.9 Å². The number of sulfonamides is 1. The van der Waals surface area contributed by atoms with Gasteiger partial charge in [0, 0.05) is 30.3 Å². The number of pyridine rings is 1. The van der Waals surface area contributed by atoms with E-state index in [0.717, 1.165) is 12.0 Å². The summed E-state index contributed by atoms with van der Waals surface area (Å²) >= 11 is 0. The number of imide groups is 1. The summed E-state index contributed by atoms with van der Waals surface area (Å²) in [5.41, 5.74) is -0.221. The number of rotatable bonds is 3. The maximum absolute atomic E-state index is 13.1. The largest absolute Gasteiger partial charge is 0.323 e. The molecule has 30 heavy (non-hydrogen) atoms. The van der Waals surface area contributed by atoms with Gasteiger partial charge in [0.15, 0.2) is 5.03 Å². The first kappa shape index (κ1) is 19.1. The number of halogens is 1. The zero-order chi connectivity index (χ0) is 21.1. The van der Waals surface area contributed by atoms with Gasteiger partial charge in [-0.05, 0) is 49.1 Å². The van der Waals surface area contributed by atoms with Crippen molar-refractivity contribution in [1.29, 1.82) is 0 Å². The van der Waals surface area contributed by atoms with E-state index in [-0.39, 0.29) is 29.8 Å². The summed E-state index contributed by atoms with van der Waals surface area (Å²) in [6.45, 7) is 0.314. The van der Waals surface area contributed by atoms with Gasteiger partial charge < -0.3 is 5.32 Å². The first-order valence-electron chi connectivity index (χ1n) is 9.62. The van der Waals surface area contributed by atoms with Crippen LogP contribution in [0.2, 0.25) is 0 Å². The number of fused-ring (bicyclic) bond motifs is 1. The van der Waals surface area contributed by atoms with Crippen LogP contribution in [0.1, 0.15) is 19.3 Å². The fraction of sp³-hybridized carbons (Fsp3) is 0.350. The molecule has 2 aliphatic heterocycles. The van der Waals surface area contributed by atoms with Crippen LogP contribution in [0.5, 0.6) is 0 Å². The highest BCUT2D eigenvalue weighted by Crippen LogP contribution is 2.54. The molecule has 1 aromatic carbocycles. The van der Waals surface area contributed by atoms with Crippen LogP contribution < -0.4 is 10.6 Å². The molecule has 8 nitrogen and oxygen atoms in total. The molecule has 1 aromatic heterocycles. The molecule has 2 N–H and O–H groups in total. The van der Waals surface area contributed by atoms with Gasteiger partial charge in [-0.3, -0.25) is 10.1 Å². The van der Waals surface area contributed by atoms with Gasteiger partial charge >= 0.3 is 6.03 Å². The van der Waals surface area contributed by atoms with Gasteiger partial charge in [-0.1, -0.05) is 12.1 Å². The van der Waals surface area contributed by atoms with Gasteiger partial charge in [-0.15, -0.1) is 0 Å². The Hall–Kier alpha value is -2.85. The number of amides is 3. The minimum atomic E-state index is -3.83. The second-order valence-electron chi connectivity index (χ2n) is 8.11. The molecule has 5 rings (SSSR count). The minimum Gasteiger partial charge on any atom is -0.323 e. The summed E-state index contributed by atoms with van der Waals surface area (Å²) in [6.07, 6.45) is 3.36. The highest BCUT2D eigenvalue weighted by atomic mass is 32.2. The summed E-state index contributed by atoms with van der Waals surface area (Å²) < 4.78 is 40.4. The number of carbonyl (C=O) groups excluding carboxylic acids is 2. The van der Waals surface area contributed by atoms with Crippen LogP contribution in [-0.4, -0.2) is 48.3 Å². The zero-order valence-corrected chi connectivity index (χ0v) is 16.7. The SMILES string of the molecule is O=C1NC(=O)C2(CCCC23CN(S(=O)(=O)c2ccc(-c4ccc(F)cc4)cn2)C3)N1. The lowest BCUT2D eigenvalue weighted by Crippen LogP contribution is -2.71. The molecule has 3 amide bonds. The molecule has 1 aliphatic carbocycles. The molecule has 3 fully saturated rings. The quantitative estimate of drug-likeness (QED) is 0.720. The van der Waals surface area contributed by atoms with E-state index in [1.807, 2.05) is 0 Å². The number of benzene rings is 1. The lowest BCUT2D eigenvalue weighted by atomic mass is 9.67. The monoisotopic (exact) mass is 430 g/mol. The molecule has 1 saturated carbocycles. The maximum atomic E-state index is 13.1. The average Bonchev–Trinajstić information content (AvgIpc) is 3.21. The van der Waals surface area contributed by atoms with Crippen LogP contribution in [0, 0.1) is 11.2 Å². The van der Waals surface area contributed by atoms with Crippen LogP contribution in [0.15, 0.2) is 47.6 Å². The van der Waals surface area contributed by atoms with E-state index in [4.69, 9.17) is 0 Å². The molecule has 0 radical (unpaired) electrons. The first-order valence-corrected chi connectivity index (χ1v) is 11.1. The highest BCUT2D eigenvalue weighted by Gasteiger charge is 2.69. The lowest BCUT2D eigenvalue weighted by molar-refractivity contribution is -0.131. The standard InChI is InChI=1S/C20H19FN4O4S/c21-15-5-2-13(3-6-15)14-4-7-16(22-10-14)30(28,29)25-11-19(12-25)8-1-9-20(19)17(26)23-18(27)24-20/h2-7,10H,1,8-9,11-12H2,(H2,23,24,26,27). The molecule has 1 atom stereocenters. The van der Waals surface area contributed by atoms with Crippen molar-refractivity contribution in [3.05, 3.63) is 48.4 Å². The van der Waals surface area contributed by atoms with E-state index in [2.05, 4.69) is 15.6 Å². The molecule has 1 unspecified atom stereocenters. The third kappa shape index (κ3) is 2.60. The normalized spacial score (nSPS) is 25.4. The van der Waals surface area contributed by atoms with Crippen molar-refractivity contribution < 1.29 is 22.4 Å². The van der Waals surface area contributed by atoms with Crippen LogP contribution in [0.25, 0.3) is 11.1 Å². The van der Waals surface area contributed by atoms with E-state index in [1.165, 1.54) is 28.7 Å². The summed E-state index contributed by atoms with van der Waals surface area (Å²) in [7, 11) is -3.83. The minimum absolute atomic E-state index is 0.0878. The Morgan fingerprint density at radius 3 is 2.30 bits per heavy atom. The Morgan fingerprint density at radius 1 is 1.00 bits per heavy atom. The van der Waals surface area contributed by atoms with Gasteiger partial charge in [0.25, 0.3) is 15.9 Å². The fourth-order valence-corrected chi connectivity index (χ4v) is 6.44. The number of carbonyl (C=O) groups is 2. The highest BCUT2D eigenvalue weighted by molar-refractivity contribution is 7.89. The van der Waals surface area contributed by atoms with Crippen LogP contribution in [0.4, 0.5) is 9.18 Å². The van der Waals surface area contributed by atoms with Gasteiger partial charge in [0.05, 0.1) is 0 Å². The summed E-state index contributed by atoms with van der Waals surface area (Å²) in [5, 5.41) is 4.95. The number of hydrogen-bond acceptors (Lipinski definition) is 5. The maximum Gasteiger partial charge on any atom is 0.322 e. The van der Waals surface area contributed by atoms with Gasteiger partial charge in [0.1, 0.15) is 11.4 Å².